The molecule has 0 heterocycles. The van der Waals surface area contributed by atoms with Crippen LogP contribution in [0.3, 0.4) is 0 Å². The summed E-state index contributed by atoms with van der Waals surface area (Å²) in [5.74, 6) is 0.674. The van der Waals surface area contributed by atoms with Crippen LogP contribution in [0.2, 0.25) is 0 Å². The highest BCUT2D eigenvalue weighted by Crippen LogP contribution is 2.18. The van der Waals surface area contributed by atoms with Crippen LogP contribution in [0.5, 0.6) is 5.75 Å². The van der Waals surface area contributed by atoms with Gasteiger partial charge in [0, 0.05) is 23.4 Å². The average molecular weight is 366 g/mol. The number of hydrogen-bond donors (Lipinski definition) is 2. The Morgan fingerprint density at radius 3 is 2.26 bits per heavy atom. The molecule has 0 aromatic heterocycles. The van der Waals surface area contributed by atoms with E-state index in [0.717, 1.165) is 5.57 Å². The summed E-state index contributed by atoms with van der Waals surface area (Å²) in [5, 5.41) is 5.68. The Morgan fingerprint density at radius 2 is 1.67 bits per heavy atom. The molecule has 2 aromatic carbocycles. The number of hydrogen-bond acceptors (Lipinski definition) is 3. The first-order chi connectivity index (χ1) is 12.8. The third kappa shape index (κ3) is 6.98. The van der Waals surface area contributed by atoms with Gasteiger partial charge in [-0.15, -0.1) is 0 Å². The molecule has 5 heteroatoms. The fourth-order valence-electron chi connectivity index (χ4n) is 2.36. The predicted octanol–water partition coefficient (Wildman–Crippen LogP) is 4.88. The van der Waals surface area contributed by atoms with Crippen LogP contribution in [0.4, 0.5) is 11.4 Å². The van der Waals surface area contributed by atoms with Gasteiger partial charge in [-0.25, -0.2) is 0 Å². The first-order valence-corrected chi connectivity index (χ1v) is 8.92. The first-order valence-electron chi connectivity index (χ1n) is 8.92. The van der Waals surface area contributed by atoms with Gasteiger partial charge in [0.2, 0.25) is 5.91 Å². The first kappa shape index (κ1) is 20.2. The number of anilines is 2. The van der Waals surface area contributed by atoms with Gasteiger partial charge in [0.1, 0.15) is 12.4 Å². The Kier molecular flexibility index (Phi) is 7.17. The maximum atomic E-state index is 12.4. The standard InChI is InChI=1S/C22H26N2O3/c1-15(2)12-21(25)23-18-8-10-19(11-9-18)24-22(26)17-6-5-7-20(13-17)27-14-16(3)4/h5-11,13,15H,3,12,14H2,1-2,4H3,(H,23,25)(H,24,26). The molecule has 0 aliphatic heterocycles. The van der Waals surface area contributed by atoms with Crippen LogP contribution in [0.1, 0.15) is 37.6 Å². The van der Waals surface area contributed by atoms with E-state index < -0.39 is 0 Å². The monoisotopic (exact) mass is 366 g/mol. The Labute approximate surface area is 160 Å². The highest BCUT2D eigenvalue weighted by Gasteiger charge is 2.09. The Balaban J connectivity index is 1.96. The zero-order valence-electron chi connectivity index (χ0n) is 16.0. The lowest BCUT2D eigenvalue weighted by atomic mass is 10.1. The van der Waals surface area contributed by atoms with Crippen molar-refractivity contribution in [1.29, 1.82) is 0 Å². The number of carbonyl (C=O) groups excluding carboxylic acids is 2. The molecular weight excluding hydrogens is 340 g/mol. The van der Waals surface area contributed by atoms with Gasteiger partial charge < -0.3 is 15.4 Å². The number of rotatable bonds is 8. The summed E-state index contributed by atoms with van der Waals surface area (Å²) in [4.78, 5) is 24.2. The van der Waals surface area contributed by atoms with Crippen molar-refractivity contribution in [1.82, 2.24) is 0 Å². The molecular formula is C22H26N2O3. The molecule has 2 rings (SSSR count). The zero-order valence-corrected chi connectivity index (χ0v) is 16.0. The van der Waals surface area contributed by atoms with E-state index in [1.165, 1.54) is 0 Å². The van der Waals surface area contributed by atoms with Crippen molar-refractivity contribution < 1.29 is 14.3 Å². The lowest BCUT2D eigenvalue weighted by Crippen LogP contribution is -2.14. The number of nitrogens with one attached hydrogen (secondary N) is 2. The normalized spacial score (nSPS) is 10.4. The molecule has 0 radical (unpaired) electrons. The van der Waals surface area contributed by atoms with Crippen LogP contribution in [-0.4, -0.2) is 18.4 Å². The highest BCUT2D eigenvalue weighted by molar-refractivity contribution is 6.04. The van der Waals surface area contributed by atoms with Crippen LogP contribution in [0.15, 0.2) is 60.7 Å². The molecule has 0 atom stereocenters. The van der Waals surface area contributed by atoms with Crippen molar-refractivity contribution in [3.8, 4) is 5.75 Å². The minimum atomic E-state index is -0.229. The van der Waals surface area contributed by atoms with Gasteiger partial charge in [-0.2, -0.15) is 0 Å². The summed E-state index contributed by atoms with van der Waals surface area (Å²) in [5.41, 5.74) is 2.76. The van der Waals surface area contributed by atoms with Crippen molar-refractivity contribution in [2.75, 3.05) is 17.2 Å². The number of carbonyl (C=O) groups is 2. The summed E-state index contributed by atoms with van der Waals surface area (Å²) in [6.45, 7) is 10.1. The van der Waals surface area contributed by atoms with E-state index in [2.05, 4.69) is 17.2 Å². The minimum absolute atomic E-state index is 0.0200. The van der Waals surface area contributed by atoms with Gasteiger partial charge in [-0.3, -0.25) is 9.59 Å². The summed E-state index contributed by atoms with van der Waals surface area (Å²) in [7, 11) is 0. The Morgan fingerprint density at radius 1 is 1.04 bits per heavy atom. The molecule has 2 amide bonds. The van der Waals surface area contributed by atoms with Gasteiger partial charge in [-0.05, 0) is 60.9 Å². The fourth-order valence-corrected chi connectivity index (χ4v) is 2.36. The molecule has 5 nitrogen and oxygen atoms in total. The topological polar surface area (TPSA) is 67.4 Å². The van der Waals surface area contributed by atoms with Crippen LogP contribution in [0, 0.1) is 5.92 Å². The second kappa shape index (κ2) is 9.57. The van der Waals surface area contributed by atoms with E-state index in [1.807, 2.05) is 20.8 Å². The van der Waals surface area contributed by atoms with Crippen molar-refractivity contribution >= 4 is 23.2 Å². The molecule has 0 bridgehead atoms. The van der Waals surface area contributed by atoms with E-state index in [0.29, 0.717) is 41.6 Å². The van der Waals surface area contributed by atoms with Crippen LogP contribution in [0.25, 0.3) is 0 Å². The molecule has 0 unspecified atom stereocenters. The second-order valence-corrected chi connectivity index (χ2v) is 6.95. The maximum Gasteiger partial charge on any atom is 0.255 e. The SMILES string of the molecule is C=C(C)COc1cccc(C(=O)Nc2ccc(NC(=O)CC(C)C)cc2)c1. The van der Waals surface area contributed by atoms with Crippen LogP contribution < -0.4 is 15.4 Å². The molecule has 0 spiro atoms. The van der Waals surface area contributed by atoms with Gasteiger partial charge in [0.25, 0.3) is 5.91 Å². The maximum absolute atomic E-state index is 12.4. The zero-order chi connectivity index (χ0) is 19.8. The molecule has 0 saturated heterocycles. The van der Waals surface area contributed by atoms with Crippen LogP contribution >= 0.6 is 0 Å². The van der Waals surface area contributed by atoms with Gasteiger partial charge >= 0.3 is 0 Å². The van der Waals surface area contributed by atoms with Crippen molar-refractivity contribution in [2.45, 2.75) is 27.2 Å². The van der Waals surface area contributed by atoms with E-state index in [4.69, 9.17) is 4.74 Å². The third-order valence-electron chi connectivity index (χ3n) is 3.60. The Hall–Kier alpha value is -3.08. The smallest absolute Gasteiger partial charge is 0.255 e. The van der Waals surface area contributed by atoms with E-state index in [-0.39, 0.29) is 11.8 Å². The largest absolute Gasteiger partial charge is 0.489 e. The molecule has 2 aromatic rings. The third-order valence-corrected chi connectivity index (χ3v) is 3.60. The lowest BCUT2D eigenvalue weighted by molar-refractivity contribution is -0.116. The number of benzene rings is 2. The minimum Gasteiger partial charge on any atom is -0.489 e. The van der Waals surface area contributed by atoms with E-state index >= 15 is 0 Å². The number of amides is 2. The molecule has 0 aliphatic rings. The molecule has 0 saturated carbocycles. The average Bonchev–Trinajstić information content (AvgIpc) is 2.61. The van der Waals surface area contributed by atoms with Crippen molar-refractivity contribution in [3.05, 3.63) is 66.2 Å². The van der Waals surface area contributed by atoms with Crippen LogP contribution in [-0.2, 0) is 4.79 Å². The van der Waals surface area contributed by atoms with E-state index in [9.17, 15) is 9.59 Å². The van der Waals surface area contributed by atoms with E-state index in [1.54, 1.807) is 48.5 Å². The molecule has 0 aliphatic carbocycles. The molecule has 142 valence electrons. The summed E-state index contributed by atoms with van der Waals surface area (Å²) in [6.07, 6.45) is 0.474. The number of ether oxygens (including phenoxy) is 1. The van der Waals surface area contributed by atoms with Gasteiger partial charge in [-0.1, -0.05) is 26.5 Å². The van der Waals surface area contributed by atoms with Crippen molar-refractivity contribution in [2.24, 2.45) is 5.92 Å². The van der Waals surface area contributed by atoms with Gasteiger partial charge in [0.05, 0.1) is 0 Å². The highest BCUT2D eigenvalue weighted by atomic mass is 16.5. The summed E-state index contributed by atoms with van der Waals surface area (Å²) < 4.78 is 5.57. The fraction of sp³-hybridized carbons (Fsp3) is 0.273. The molecule has 0 fully saturated rings. The Bertz CT molecular complexity index is 811. The second-order valence-electron chi connectivity index (χ2n) is 6.95. The summed E-state index contributed by atoms with van der Waals surface area (Å²) >= 11 is 0. The molecule has 2 N–H and O–H groups in total. The lowest BCUT2D eigenvalue weighted by Gasteiger charge is -2.10. The van der Waals surface area contributed by atoms with Gasteiger partial charge in [0.15, 0.2) is 0 Å². The predicted molar refractivity (Wildman–Crippen MR) is 109 cm³/mol. The quantitative estimate of drug-likeness (QED) is 0.655. The van der Waals surface area contributed by atoms with Crippen molar-refractivity contribution in [3.63, 3.8) is 0 Å². The summed E-state index contributed by atoms with van der Waals surface area (Å²) in [6, 6.07) is 14.0. The molecule has 27 heavy (non-hydrogen) atoms.